The minimum Gasteiger partial charge on any atom is -0.456 e. The lowest BCUT2D eigenvalue weighted by Crippen LogP contribution is -1.85. The van der Waals surface area contributed by atoms with Gasteiger partial charge in [0.05, 0.1) is 5.56 Å². The van der Waals surface area contributed by atoms with Gasteiger partial charge in [0.1, 0.15) is 17.2 Å². The molecule has 0 amide bonds. The predicted molar refractivity (Wildman–Crippen MR) is 107 cm³/mol. The Hall–Kier alpha value is -3.90. The third-order valence-corrected chi connectivity index (χ3v) is 4.78. The Morgan fingerprint density at radius 2 is 1.44 bits per heavy atom. The van der Waals surface area contributed by atoms with Crippen LogP contribution in [0.2, 0.25) is 0 Å². The van der Waals surface area contributed by atoms with Gasteiger partial charge >= 0.3 is 0 Å². The summed E-state index contributed by atoms with van der Waals surface area (Å²) in [5, 5.41) is 11.4. The highest BCUT2D eigenvalue weighted by Gasteiger charge is 2.09. The van der Waals surface area contributed by atoms with Crippen LogP contribution in [-0.4, -0.2) is 4.98 Å². The first-order valence-corrected chi connectivity index (χ1v) is 8.69. The normalized spacial score (nSPS) is 10.9. The smallest absolute Gasteiger partial charge is 0.136 e. The van der Waals surface area contributed by atoms with Gasteiger partial charge in [-0.1, -0.05) is 42.5 Å². The second kappa shape index (κ2) is 6.12. The van der Waals surface area contributed by atoms with Crippen LogP contribution >= 0.6 is 0 Å². The number of nitriles is 1. The first-order valence-electron chi connectivity index (χ1n) is 8.69. The third-order valence-electron chi connectivity index (χ3n) is 4.78. The van der Waals surface area contributed by atoms with E-state index in [1.54, 1.807) is 12.4 Å². The Bertz CT molecular complexity index is 1340. The maximum atomic E-state index is 9.10. The topological polar surface area (TPSA) is 49.8 Å². The number of aromatic nitrogens is 1. The monoisotopic (exact) mass is 346 g/mol. The predicted octanol–water partition coefficient (Wildman–Crippen LogP) is 6.19. The zero-order valence-corrected chi connectivity index (χ0v) is 14.4. The molecule has 5 aromatic rings. The second-order valence-electron chi connectivity index (χ2n) is 6.46. The average Bonchev–Trinajstić information content (AvgIpc) is 3.11. The van der Waals surface area contributed by atoms with E-state index in [9.17, 15) is 0 Å². The molecule has 3 nitrogen and oxygen atoms in total. The van der Waals surface area contributed by atoms with Crippen molar-refractivity contribution in [3.05, 3.63) is 90.8 Å². The summed E-state index contributed by atoms with van der Waals surface area (Å²) in [5.41, 5.74) is 6.49. The lowest BCUT2D eigenvalue weighted by Gasteiger charge is -2.06. The molecule has 2 heterocycles. The highest BCUT2D eigenvalue weighted by atomic mass is 16.3. The van der Waals surface area contributed by atoms with Crippen LogP contribution in [0.1, 0.15) is 5.56 Å². The summed E-state index contributed by atoms with van der Waals surface area (Å²) in [7, 11) is 0. The molecule has 3 heteroatoms. The van der Waals surface area contributed by atoms with Crippen LogP contribution in [-0.2, 0) is 0 Å². The summed E-state index contributed by atoms with van der Waals surface area (Å²) < 4.78 is 6.01. The first kappa shape index (κ1) is 15.4. The number of pyridine rings is 1. The Balaban J connectivity index is 1.62. The lowest BCUT2D eigenvalue weighted by molar-refractivity contribution is 0.669. The minimum atomic E-state index is 0.557. The molecule has 2 aromatic heterocycles. The van der Waals surface area contributed by atoms with Crippen LogP contribution in [0.3, 0.4) is 0 Å². The summed E-state index contributed by atoms with van der Waals surface area (Å²) in [6, 6.07) is 26.6. The lowest BCUT2D eigenvalue weighted by atomic mass is 9.98. The summed E-state index contributed by atoms with van der Waals surface area (Å²) in [6.07, 6.45) is 3.35. The Morgan fingerprint density at radius 1 is 0.667 bits per heavy atom. The van der Waals surface area contributed by atoms with Crippen LogP contribution in [0.5, 0.6) is 0 Å². The van der Waals surface area contributed by atoms with E-state index in [0.717, 1.165) is 44.2 Å². The van der Waals surface area contributed by atoms with Gasteiger partial charge < -0.3 is 4.42 Å². The van der Waals surface area contributed by atoms with Gasteiger partial charge in [0.2, 0.25) is 0 Å². The standard InChI is InChI=1S/C24H14N2O/c25-13-16-10-20(15-26-14-16)18-5-3-4-17(11-18)19-8-9-22-21-6-1-2-7-23(21)27-24(22)12-19/h1-12,14-15H. The molecular weight excluding hydrogens is 332 g/mol. The van der Waals surface area contributed by atoms with E-state index in [1.165, 1.54) is 0 Å². The summed E-state index contributed by atoms with van der Waals surface area (Å²) in [5.74, 6) is 0. The molecule has 3 aromatic carbocycles. The molecular formula is C24H14N2O. The van der Waals surface area contributed by atoms with Crippen LogP contribution in [0.4, 0.5) is 0 Å². The maximum Gasteiger partial charge on any atom is 0.136 e. The fourth-order valence-electron chi connectivity index (χ4n) is 3.44. The fraction of sp³-hybridized carbons (Fsp3) is 0. The second-order valence-corrected chi connectivity index (χ2v) is 6.46. The molecule has 0 saturated carbocycles. The van der Waals surface area contributed by atoms with Gasteiger partial charge in [0.25, 0.3) is 0 Å². The zero-order valence-electron chi connectivity index (χ0n) is 14.4. The number of fused-ring (bicyclic) bond motifs is 3. The van der Waals surface area contributed by atoms with Crippen LogP contribution in [0.15, 0.2) is 89.6 Å². The third kappa shape index (κ3) is 2.65. The highest BCUT2D eigenvalue weighted by molar-refractivity contribution is 6.05. The molecule has 0 N–H and O–H groups in total. The van der Waals surface area contributed by atoms with E-state index in [4.69, 9.17) is 9.68 Å². The number of hydrogen-bond donors (Lipinski definition) is 0. The maximum absolute atomic E-state index is 9.10. The molecule has 0 aliphatic rings. The van der Waals surface area contributed by atoms with E-state index in [-0.39, 0.29) is 0 Å². The summed E-state index contributed by atoms with van der Waals surface area (Å²) in [6.45, 7) is 0. The quantitative estimate of drug-likeness (QED) is 0.383. The number of rotatable bonds is 2. The van der Waals surface area contributed by atoms with E-state index in [0.29, 0.717) is 5.56 Å². The molecule has 0 saturated heterocycles. The molecule has 126 valence electrons. The van der Waals surface area contributed by atoms with Crippen molar-refractivity contribution in [2.24, 2.45) is 0 Å². The summed E-state index contributed by atoms with van der Waals surface area (Å²) >= 11 is 0. The number of hydrogen-bond acceptors (Lipinski definition) is 3. The van der Waals surface area contributed by atoms with Crippen LogP contribution in [0, 0.1) is 11.3 Å². The Morgan fingerprint density at radius 3 is 2.33 bits per heavy atom. The molecule has 0 atom stereocenters. The summed E-state index contributed by atoms with van der Waals surface area (Å²) in [4.78, 5) is 4.16. The van der Waals surface area contributed by atoms with Crippen molar-refractivity contribution in [1.82, 2.24) is 4.98 Å². The molecule has 0 unspecified atom stereocenters. The molecule has 0 spiro atoms. The minimum absolute atomic E-state index is 0.557. The molecule has 27 heavy (non-hydrogen) atoms. The fourth-order valence-corrected chi connectivity index (χ4v) is 3.44. The van der Waals surface area contributed by atoms with Gasteiger partial charge in [0.15, 0.2) is 0 Å². The molecule has 0 bridgehead atoms. The van der Waals surface area contributed by atoms with E-state index < -0.39 is 0 Å². The average molecular weight is 346 g/mol. The Labute approximate surface area is 156 Å². The van der Waals surface area contributed by atoms with E-state index in [2.05, 4.69) is 47.5 Å². The van der Waals surface area contributed by atoms with Crippen molar-refractivity contribution >= 4 is 21.9 Å². The van der Waals surface area contributed by atoms with Crippen LogP contribution in [0.25, 0.3) is 44.2 Å². The van der Waals surface area contributed by atoms with Gasteiger partial charge in [-0.25, -0.2) is 0 Å². The SMILES string of the molecule is N#Cc1cncc(-c2cccc(-c3ccc4c(c3)oc3ccccc34)c2)c1. The molecule has 0 aliphatic carbocycles. The largest absolute Gasteiger partial charge is 0.456 e. The van der Waals surface area contributed by atoms with Crippen LogP contribution < -0.4 is 0 Å². The van der Waals surface area contributed by atoms with Gasteiger partial charge in [-0.3, -0.25) is 4.98 Å². The van der Waals surface area contributed by atoms with E-state index >= 15 is 0 Å². The number of benzene rings is 3. The van der Waals surface area contributed by atoms with Crippen molar-refractivity contribution in [2.75, 3.05) is 0 Å². The van der Waals surface area contributed by atoms with E-state index in [1.807, 2.05) is 36.4 Å². The van der Waals surface area contributed by atoms with Crippen molar-refractivity contribution in [1.29, 1.82) is 5.26 Å². The van der Waals surface area contributed by atoms with Crippen molar-refractivity contribution in [2.45, 2.75) is 0 Å². The number of furan rings is 1. The van der Waals surface area contributed by atoms with Gasteiger partial charge in [-0.2, -0.15) is 5.26 Å². The van der Waals surface area contributed by atoms with Crippen molar-refractivity contribution in [3.63, 3.8) is 0 Å². The highest BCUT2D eigenvalue weighted by Crippen LogP contribution is 2.33. The first-order chi connectivity index (χ1) is 13.3. The van der Waals surface area contributed by atoms with Gasteiger partial charge in [-0.05, 0) is 47.0 Å². The molecule has 0 fully saturated rings. The molecule has 0 aliphatic heterocycles. The zero-order chi connectivity index (χ0) is 18.2. The number of para-hydroxylation sites is 1. The number of nitrogens with zero attached hydrogens (tertiary/aromatic N) is 2. The molecule has 0 radical (unpaired) electrons. The van der Waals surface area contributed by atoms with Gasteiger partial charge in [0, 0.05) is 28.7 Å². The Kier molecular flexibility index (Phi) is 3.48. The van der Waals surface area contributed by atoms with Crippen molar-refractivity contribution in [3.8, 4) is 28.3 Å². The van der Waals surface area contributed by atoms with Gasteiger partial charge in [-0.15, -0.1) is 0 Å². The van der Waals surface area contributed by atoms with Crippen molar-refractivity contribution < 1.29 is 4.42 Å². The molecule has 5 rings (SSSR count).